The summed E-state index contributed by atoms with van der Waals surface area (Å²) in [6.45, 7) is 5.33. The minimum Gasteiger partial charge on any atom is -0.448 e. The fourth-order valence-corrected chi connectivity index (χ4v) is 4.03. The topological polar surface area (TPSA) is 58.4 Å². The molecule has 5 nitrogen and oxygen atoms in total. The lowest BCUT2D eigenvalue weighted by Crippen LogP contribution is -2.49. The van der Waals surface area contributed by atoms with Crippen LogP contribution in [-0.2, 0) is 6.42 Å². The van der Waals surface area contributed by atoms with Gasteiger partial charge in [-0.3, -0.25) is 4.79 Å². The summed E-state index contributed by atoms with van der Waals surface area (Å²) in [6.07, 6.45) is 11.2. The van der Waals surface area contributed by atoms with Crippen molar-refractivity contribution in [2.24, 2.45) is 5.92 Å². The van der Waals surface area contributed by atoms with Crippen molar-refractivity contribution in [3.8, 4) is 0 Å². The first-order valence-corrected chi connectivity index (χ1v) is 9.22. The average molecular weight is 319 g/mol. The van der Waals surface area contributed by atoms with Crippen LogP contribution in [-0.4, -0.2) is 41.5 Å². The number of rotatable bonds is 5. The summed E-state index contributed by atoms with van der Waals surface area (Å²) in [6, 6.07) is 0.237. The standard InChI is InChI=1S/C18H29N3O2/c1-2-16-17(19-13-23-16)18(22)20-15-9-6-10-21(12-15)11-14-7-4-3-5-8-14/h13-15H,2-12H2,1H3,(H,20,22). The van der Waals surface area contributed by atoms with E-state index < -0.39 is 0 Å². The summed E-state index contributed by atoms with van der Waals surface area (Å²) < 4.78 is 5.26. The largest absolute Gasteiger partial charge is 0.448 e. The molecule has 23 heavy (non-hydrogen) atoms. The number of aromatic nitrogens is 1. The lowest BCUT2D eigenvalue weighted by molar-refractivity contribution is 0.0884. The van der Waals surface area contributed by atoms with Crippen molar-refractivity contribution in [1.29, 1.82) is 0 Å². The molecule has 2 aliphatic rings. The number of likely N-dealkylation sites (tertiary alicyclic amines) is 1. The maximum Gasteiger partial charge on any atom is 0.273 e. The number of nitrogens with zero attached hydrogens (tertiary/aromatic N) is 2. The molecule has 1 saturated carbocycles. The molecule has 0 bridgehead atoms. The third-order valence-electron chi connectivity index (χ3n) is 5.26. The van der Waals surface area contributed by atoms with Crippen LogP contribution in [0.15, 0.2) is 10.8 Å². The first-order chi connectivity index (χ1) is 11.3. The van der Waals surface area contributed by atoms with E-state index in [1.165, 1.54) is 51.6 Å². The van der Waals surface area contributed by atoms with Gasteiger partial charge in [0.05, 0.1) is 0 Å². The van der Waals surface area contributed by atoms with Gasteiger partial charge in [-0.2, -0.15) is 0 Å². The predicted molar refractivity (Wildman–Crippen MR) is 89.4 cm³/mol. The second-order valence-electron chi connectivity index (χ2n) is 7.05. The maximum absolute atomic E-state index is 12.4. The third kappa shape index (κ3) is 4.34. The molecular formula is C18H29N3O2. The summed E-state index contributed by atoms with van der Waals surface area (Å²) in [4.78, 5) is 19.0. The predicted octanol–water partition coefficient (Wildman–Crippen LogP) is 3.01. The molecule has 1 aromatic rings. The van der Waals surface area contributed by atoms with E-state index >= 15 is 0 Å². The molecule has 0 radical (unpaired) electrons. The molecule has 1 aliphatic heterocycles. The number of carbonyl (C=O) groups excluding carboxylic acids is 1. The van der Waals surface area contributed by atoms with E-state index in [1.807, 2.05) is 6.92 Å². The highest BCUT2D eigenvalue weighted by Gasteiger charge is 2.26. The van der Waals surface area contributed by atoms with E-state index in [9.17, 15) is 4.79 Å². The van der Waals surface area contributed by atoms with E-state index in [4.69, 9.17) is 4.42 Å². The van der Waals surface area contributed by atoms with Crippen molar-refractivity contribution < 1.29 is 9.21 Å². The van der Waals surface area contributed by atoms with Crippen LogP contribution in [0.25, 0.3) is 0 Å². The Kier molecular flexibility index (Phi) is 5.70. The number of piperidine rings is 1. The normalized spacial score (nSPS) is 23.8. The zero-order chi connectivity index (χ0) is 16.1. The van der Waals surface area contributed by atoms with Crippen molar-refractivity contribution in [1.82, 2.24) is 15.2 Å². The number of nitrogens with one attached hydrogen (secondary N) is 1. The SMILES string of the molecule is CCc1ocnc1C(=O)NC1CCCN(CC2CCCCC2)C1. The van der Waals surface area contributed by atoms with Crippen molar-refractivity contribution in [3.63, 3.8) is 0 Å². The Morgan fingerprint density at radius 2 is 2.13 bits per heavy atom. The monoisotopic (exact) mass is 319 g/mol. The lowest BCUT2D eigenvalue weighted by atomic mass is 9.88. The minimum atomic E-state index is -0.0832. The van der Waals surface area contributed by atoms with Crippen LogP contribution in [0.1, 0.15) is 68.1 Å². The number of hydrogen-bond donors (Lipinski definition) is 1. The molecule has 1 saturated heterocycles. The quantitative estimate of drug-likeness (QED) is 0.906. The molecule has 1 atom stereocenters. The van der Waals surface area contributed by atoms with Crippen LogP contribution < -0.4 is 5.32 Å². The molecule has 1 unspecified atom stereocenters. The highest BCUT2D eigenvalue weighted by atomic mass is 16.3. The first kappa shape index (κ1) is 16.5. The fourth-order valence-electron chi connectivity index (χ4n) is 4.03. The Balaban J connectivity index is 1.51. The van der Waals surface area contributed by atoms with Gasteiger partial charge in [-0.15, -0.1) is 0 Å². The highest BCUT2D eigenvalue weighted by molar-refractivity contribution is 5.93. The third-order valence-corrected chi connectivity index (χ3v) is 5.26. The Morgan fingerprint density at radius 3 is 2.91 bits per heavy atom. The average Bonchev–Trinajstić information content (AvgIpc) is 3.05. The Labute approximate surface area is 138 Å². The van der Waals surface area contributed by atoms with Crippen molar-refractivity contribution >= 4 is 5.91 Å². The molecule has 3 rings (SSSR count). The number of amides is 1. The van der Waals surface area contributed by atoms with Crippen molar-refractivity contribution in [3.05, 3.63) is 17.8 Å². The van der Waals surface area contributed by atoms with Gasteiger partial charge >= 0.3 is 0 Å². The smallest absolute Gasteiger partial charge is 0.273 e. The summed E-state index contributed by atoms with van der Waals surface area (Å²) in [7, 11) is 0. The van der Waals surface area contributed by atoms with E-state index in [0.29, 0.717) is 17.9 Å². The van der Waals surface area contributed by atoms with Gasteiger partial charge in [-0.05, 0) is 38.1 Å². The molecule has 0 spiro atoms. The molecule has 5 heteroatoms. The number of carbonyl (C=O) groups is 1. The fraction of sp³-hybridized carbons (Fsp3) is 0.778. The van der Waals surface area contributed by atoms with Gasteiger partial charge in [-0.1, -0.05) is 26.2 Å². The van der Waals surface area contributed by atoms with E-state index in [0.717, 1.165) is 25.3 Å². The summed E-state index contributed by atoms with van der Waals surface area (Å²) in [5.74, 6) is 1.46. The van der Waals surface area contributed by atoms with Gasteiger partial charge in [0.2, 0.25) is 0 Å². The van der Waals surface area contributed by atoms with Gasteiger partial charge in [0.1, 0.15) is 5.76 Å². The van der Waals surface area contributed by atoms with Crippen LogP contribution in [0.5, 0.6) is 0 Å². The van der Waals surface area contributed by atoms with Crippen molar-refractivity contribution in [2.75, 3.05) is 19.6 Å². The molecular weight excluding hydrogens is 290 g/mol. The van der Waals surface area contributed by atoms with Gasteiger partial charge in [-0.25, -0.2) is 4.98 Å². The van der Waals surface area contributed by atoms with Gasteiger partial charge < -0.3 is 14.6 Å². The van der Waals surface area contributed by atoms with Crippen LogP contribution in [0, 0.1) is 5.92 Å². The molecule has 1 aliphatic carbocycles. The Hall–Kier alpha value is -1.36. The maximum atomic E-state index is 12.4. The Bertz CT molecular complexity index is 508. The van der Waals surface area contributed by atoms with Crippen molar-refractivity contribution in [2.45, 2.75) is 64.3 Å². The molecule has 1 aromatic heterocycles. The van der Waals surface area contributed by atoms with E-state index in [2.05, 4.69) is 15.2 Å². The van der Waals surface area contributed by atoms with Crippen LogP contribution in [0.4, 0.5) is 0 Å². The van der Waals surface area contributed by atoms with E-state index in [1.54, 1.807) is 0 Å². The number of hydrogen-bond acceptors (Lipinski definition) is 4. The number of aryl methyl sites for hydroxylation is 1. The van der Waals surface area contributed by atoms with Crippen LogP contribution >= 0.6 is 0 Å². The second-order valence-corrected chi connectivity index (χ2v) is 7.05. The minimum absolute atomic E-state index is 0.0832. The second kappa shape index (κ2) is 7.95. The lowest BCUT2D eigenvalue weighted by Gasteiger charge is -2.36. The highest BCUT2D eigenvalue weighted by Crippen LogP contribution is 2.25. The van der Waals surface area contributed by atoms with Gasteiger partial charge in [0, 0.05) is 25.6 Å². The van der Waals surface area contributed by atoms with E-state index in [-0.39, 0.29) is 11.9 Å². The van der Waals surface area contributed by atoms with Crippen LogP contribution in [0.2, 0.25) is 0 Å². The molecule has 128 valence electrons. The first-order valence-electron chi connectivity index (χ1n) is 9.22. The van der Waals surface area contributed by atoms with Gasteiger partial charge in [0.25, 0.3) is 5.91 Å². The molecule has 2 heterocycles. The van der Waals surface area contributed by atoms with Crippen LogP contribution in [0.3, 0.4) is 0 Å². The van der Waals surface area contributed by atoms with Gasteiger partial charge in [0.15, 0.2) is 12.1 Å². The molecule has 1 amide bonds. The number of oxazole rings is 1. The summed E-state index contributed by atoms with van der Waals surface area (Å²) >= 11 is 0. The summed E-state index contributed by atoms with van der Waals surface area (Å²) in [5, 5.41) is 3.16. The molecule has 2 fully saturated rings. The molecule has 0 aromatic carbocycles. The zero-order valence-electron chi connectivity index (χ0n) is 14.2. The summed E-state index contributed by atoms with van der Waals surface area (Å²) in [5.41, 5.74) is 0.455. The Morgan fingerprint density at radius 1 is 1.30 bits per heavy atom. The molecule has 1 N–H and O–H groups in total. The zero-order valence-corrected chi connectivity index (χ0v) is 14.2.